The SMILES string of the molecule is CN=C(NCC1CCCO1)N(C)CCc1ccc(OC)c(OC)c1. The average molecular weight is 335 g/mol. The van der Waals surface area contributed by atoms with E-state index in [1.165, 1.54) is 5.56 Å². The molecule has 0 radical (unpaired) electrons. The molecule has 2 rings (SSSR count). The molecule has 0 aromatic heterocycles. The highest BCUT2D eigenvalue weighted by Crippen LogP contribution is 2.27. The van der Waals surface area contributed by atoms with Gasteiger partial charge in [-0.3, -0.25) is 4.99 Å². The summed E-state index contributed by atoms with van der Waals surface area (Å²) in [6.45, 7) is 2.55. The van der Waals surface area contributed by atoms with Crippen LogP contribution in [0.4, 0.5) is 0 Å². The molecule has 1 aromatic rings. The molecule has 1 unspecified atom stereocenters. The summed E-state index contributed by atoms with van der Waals surface area (Å²) in [6.07, 6.45) is 3.48. The van der Waals surface area contributed by atoms with Crippen LogP contribution >= 0.6 is 0 Å². The Labute approximate surface area is 144 Å². The molecule has 6 heteroatoms. The number of aliphatic imine (C=N–C) groups is 1. The van der Waals surface area contributed by atoms with Crippen LogP contribution in [-0.4, -0.2) is 65.0 Å². The lowest BCUT2D eigenvalue weighted by atomic mass is 10.1. The molecule has 134 valence electrons. The first-order chi connectivity index (χ1) is 11.7. The van der Waals surface area contributed by atoms with Gasteiger partial charge in [-0.05, 0) is 37.0 Å². The fraction of sp³-hybridized carbons (Fsp3) is 0.611. The largest absolute Gasteiger partial charge is 0.493 e. The highest BCUT2D eigenvalue weighted by atomic mass is 16.5. The molecule has 0 saturated carbocycles. The first-order valence-corrected chi connectivity index (χ1v) is 8.42. The van der Waals surface area contributed by atoms with Crippen molar-refractivity contribution in [1.29, 1.82) is 0 Å². The Hall–Kier alpha value is -1.95. The summed E-state index contributed by atoms with van der Waals surface area (Å²) < 4.78 is 16.3. The molecule has 1 aliphatic heterocycles. The van der Waals surface area contributed by atoms with E-state index in [0.29, 0.717) is 6.10 Å². The van der Waals surface area contributed by atoms with Crippen LogP contribution in [-0.2, 0) is 11.2 Å². The van der Waals surface area contributed by atoms with Crippen molar-refractivity contribution < 1.29 is 14.2 Å². The van der Waals surface area contributed by atoms with E-state index in [2.05, 4.69) is 21.3 Å². The zero-order valence-electron chi connectivity index (χ0n) is 15.2. The van der Waals surface area contributed by atoms with Gasteiger partial charge in [-0.25, -0.2) is 0 Å². The number of nitrogens with one attached hydrogen (secondary N) is 1. The molecule has 24 heavy (non-hydrogen) atoms. The summed E-state index contributed by atoms with van der Waals surface area (Å²) in [7, 11) is 7.16. The Morgan fingerprint density at radius 3 is 2.75 bits per heavy atom. The second-order valence-electron chi connectivity index (χ2n) is 5.92. The Kier molecular flexibility index (Phi) is 7.18. The van der Waals surface area contributed by atoms with Crippen LogP contribution in [0.2, 0.25) is 0 Å². The number of ether oxygens (including phenoxy) is 3. The Morgan fingerprint density at radius 1 is 1.33 bits per heavy atom. The van der Waals surface area contributed by atoms with Gasteiger partial charge >= 0.3 is 0 Å². The van der Waals surface area contributed by atoms with Crippen molar-refractivity contribution in [3.63, 3.8) is 0 Å². The molecule has 1 atom stereocenters. The molecule has 1 fully saturated rings. The van der Waals surface area contributed by atoms with Crippen molar-refractivity contribution in [2.24, 2.45) is 4.99 Å². The molecule has 0 spiro atoms. The number of hydrogen-bond donors (Lipinski definition) is 1. The number of methoxy groups -OCH3 is 2. The average Bonchev–Trinajstić information content (AvgIpc) is 3.13. The van der Waals surface area contributed by atoms with Gasteiger partial charge in [-0.2, -0.15) is 0 Å². The van der Waals surface area contributed by atoms with Crippen LogP contribution in [0.15, 0.2) is 23.2 Å². The summed E-state index contributed by atoms with van der Waals surface area (Å²) in [4.78, 5) is 6.48. The molecule has 1 aliphatic rings. The van der Waals surface area contributed by atoms with Gasteiger partial charge in [0.1, 0.15) is 0 Å². The summed E-state index contributed by atoms with van der Waals surface area (Å²) in [5.74, 6) is 2.41. The fourth-order valence-corrected chi connectivity index (χ4v) is 2.83. The van der Waals surface area contributed by atoms with Crippen LogP contribution < -0.4 is 14.8 Å². The molecule has 1 aromatic carbocycles. The lowest BCUT2D eigenvalue weighted by Gasteiger charge is -2.23. The second kappa shape index (κ2) is 9.37. The highest BCUT2D eigenvalue weighted by molar-refractivity contribution is 5.79. The monoisotopic (exact) mass is 335 g/mol. The van der Waals surface area contributed by atoms with Crippen LogP contribution in [0.5, 0.6) is 11.5 Å². The number of nitrogens with zero attached hydrogens (tertiary/aromatic N) is 2. The van der Waals surface area contributed by atoms with Crippen molar-refractivity contribution in [3.8, 4) is 11.5 Å². The van der Waals surface area contributed by atoms with E-state index in [9.17, 15) is 0 Å². The van der Waals surface area contributed by atoms with Crippen molar-refractivity contribution in [2.75, 3.05) is 48.0 Å². The summed E-state index contributed by atoms with van der Waals surface area (Å²) in [5.41, 5.74) is 1.20. The van der Waals surface area contributed by atoms with Crippen molar-refractivity contribution in [2.45, 2.75) is 25.4 Å². The standard InChI is InChI=1S/C18H29N3O3/c1-19-18(20-13-15-6-5-11-24-15)21(2)10-9-14-7-8-16(22-3)17(12-14)23-4/h7-8,12,15H,5-6,9-11,13H2,1-4H3,(H,19,20). The van der Waals surface area contributed by atoms with Gasteiger partial charge in [0.25, 0.3) is 0 Å². The van der Waals surface area contributed by atoms with E-state index in [-0.39, 0.29) is 0 Å². The minimum absolute atomic E-state index is 0.306. The fourth-order valence-electron chi connectivity index (χ4n) is 2.83. The molecule has 0 bridgehead atoms. The Morgan fingerprint density at radius 2 is 2.12 bits per heavy atom. The van der Waals surface area contributed by atoms with E-state index in [4.69, 9.17) is 14.2 Å². The first kappa shape index (κ1) is 18.4. The lowest BCUT2D eigenvalue weighted by Crippen LogP contribution is -2.42. The summed E-state index contributed by atoms with van der Waals surface area (Å²) >= 11 is 0. The molecular formula is C18H29N3O3. The van der Waals surface area contributed by atoms with Gasteiger partial charge in [-0.15, -0.1) is 0 Å². The zero-order chi connectivity index (χ0) is 17.4. The highest BCUT2D eigenvalue weighted by Gasteiger charge is 2.16. The second-order valence-corrected chi connectivity index (χ2v) is 5.92. The van der Waals surface area contributed by atoms with Gasteiger partial charge < -0.3 is 24.4 Å². The number of hydrogen-bond acceptors (Lipinski definition) is 4. The van der Waals surface area contributed by atoms with E-state index >= 15 is 0 Å². The van der Waals surface area contributed by atoms with E-state index < -0.39 is 0 Å². The third kappa shape index (κ3) is 5.03. The normalized spacial score (nSPS) is 17.7. The third-order valence-electron chi connectivity index (χ3n) is 4.27. The minimum Gasteiger partial charge on any atom is -0.493 e. The molecule has 1 saturated heterocycles. The van der Waals surface area contributed by atoms with Gasteiger partial charge in [-0.1, -0.05) is 6.07 Å². The van der Waals surface area contributed by atoms with Gasteiger partial charge in [0.05, 0.1) is 20.3 Å². The zero-order valence-corrected chi connectivity index (χ0v) is 15.2. The van der Waals surface area contributed by atoms with Gasteiger partial charge in [0.15, 0.2) is 17.5 Å². The number of guanidine groups is 1. The van der Waals surface area contributed by atoms with Crippen molar-refractivity contribution in [1.82, 2.24) is 10.2 Å². The molecule has 0 amide bonds. The molecule has 6 nitrogen and oxygen atoms in total. The maximum Gasteiger partial charge on any atom is 0.193 e. The molecule has 0 aliphatic carbocycles. The maximum absolute atomic E-state index is 5.64. The molecule has 1 heterocycles. The number of likely N-dealkylation sites (N-methyl/N-ethyl adjacent to an activating group) is 1. The smallest absolute Gasteiger partial charge is 0.193 e. The predicted molar refractivity (Wildman–Crippen MR) is 96.2 cm³/mol. The van der Waals surface area contributed by atoms with E-state index in [0.717, 1.165) is 56.4 Å². The Balaban J connectivity index is 1.85. The summed E-state index contributed by atoms with van der Waals surface area (Å²) in [5, 5.41) is 3.39. The number of rotatable bonds is 7. The topological polar surface area (TPSA) is 55.3 Å². The van der Waals surface area contributed by atoms with Crippen LogP contribution in [0.1, 0.15) is 18.4 Å². The van der Waals surface area contributed by atoms with Crippen LogP contribution in [0, 0.1) is 0 Å². The Bertz CT molecular complexity index is 542. The molecule has 1 N–H and O–H groups in total. The quantitative estimate of drug-likeness (QED) is 0.609. The van der Waals surface area contributed by atoms with Crippen LogP contribution in [0.3, 0.4) is 0 Å². The van der Waals surface area contributed by atoms with Gasteiger partial charge in [0.2, 0.25) is 0 Å². The minimum atomic E-state index is 0.306. The summed E-state index contributed by atoms with van der Waals surface area (Å²) in [6, 6.07) is 6.03. The van der Waals surface area contributed by atoms with E-state index in [1.807, 2.05) is 26.2 Å². The van der Waals surface area contributed by atoms with Crippen molar-refractivity contribution >= 4 is 5.96 Å². The maximum atomic E-state index is 5.64. The molecular weight excluding hydrogens is 306 g/mol. The first-order valence-electron chi connectivity index (χ1n) is 8.42. The third-order valence-corrected chi connectivity index (χ3v) is 4.27. The van der Waals surface area contributed by atoms with Gasteiger partial charge in [0, 0.05) is 33.8 Å². The van der Waals surface area contributed by atoms with Crippen molar-refractivity contribution in [3.05, 3.63) is 23.8 Å². The number of benzene rings is 1. The predicted octanol–water partition coefficient (Wildman–Crippen LogP) is 1.93. The van der Waals surface area contributed by atoms with Crippen LogP contribution in [0.25, 0.3) is 0 Å². The lowest BCUT2D eigenvalue weighted by molar-refractivity contribution is 0.113. The van der Waals surface area contributed by atoms with E-state index in [1.54, 1.807) is 14.2 Å².